The van der Waals surface area contributed by atoms with Gasteiger partial charge < -0.3 is 9.15 Å². The van der Waals surface area contributed by atoms with Gasteiger partial charge in [-0.2, -0.15) is 5.10 Å². The summed E-state index contributed by atoms with van der Waals surface area (Å²) in [5.41, 5.74) is 5.60. The number of aromatic nitrogens is 1. The summed E-state index contributed by atoms with van der Waals surface area (Å²) in [5.74, 6) is 0.682. The van der Waals surface area contributed by atoms with E-state index in [1.165, 1.54) is 11.8 Å². The van der Waals surface area contributed by atoms with Crippen molar-refractivity contribution in [3.05, 3.63) is 54.1 Å². The molecule has 3 rings (SSSR count). The second kappa shape index (κ2) is 7.85. The van der Waals surface area contributed by atoms with Crippen molar-refractivity contribution >= 4 is 34.5 Å². The Balaban J connectivity index is 1.56. The van der Waals surface area contributed by atoms with Crippen LogP contribution in [0, 0.1) is 0 Å². The third-order valence-corrected chi connectivity index (χ3v) is 4.26. The SMILES string of the molecule is COc1cccc(/C(C)=N\NC(=O)CSc2nc3ccccc3o2)c1. The average molecular weight is 355 g/mol. The highest BCUT2D eigenvalue weighted by molar-refractivity contribution is 7.99. The quantitative estimate of drug-likeness (QED) is 0.416. The normalized spacial score (nSPS) is 11.5. The van der Waals surface area contributed by atoms with Crippen molar-refractivity contribution in [1.82, 2.24) is 10.4 Å². The van der Waals surface area contributed by atoms with Gasteiger partial charge in [0.05, 0.1) is 18.6 Å². The number of hydrazone groups is 1. The molecule has 0 atom stereocenters. The predicted molar refractivity (Wildman–Crippen MR) is 98.1 cm³/mol. The van der Waals surface area contributed by atoms with Crippen LogP contribution in [0.5, 0.6) is 5.75 Å². The van der Waals surface area contributed by atoms with E-state index in [1.807, 2.05) is 55.5 Å². The number of rotatable bonds is 6. The van der Waals surface area contributed by atoms with E-state index in [2.05, 4.69) is 15.5 Å². The molecule has 2 aromatic carbocycles. The summed E-state index contributed by atoms with van der Waals surface area (Å²) in [4.78, 5) is 16.3. The van der Waals surface area contributed by atoms with Crippen LogP contribution in [0.1, 0.15) is 12.5 Å². The van der Waals surface area contributed by atoms with E-state index < -0.39 is 0 Å². The largest absolute Gasteiger partial charge is 0.497 e. The van der Waals surface area contributed by atoms with Gasteiger partial charge in [-0.15, -0.1) is 0 Å². The Morgan fingerprint density at radius 1 is 1.28 bits per heavy atom. The van der Waals surface area contributed by atoms with E-state index in [0.717, 1.165) is 16.8 Å². The van der Waals surface area contributed by atoms with Crippen molar-refractivity contribution in [3.8, 4) is 5.75 Å². The molecule has 6 nitrogen and oxygen atoms in total. The summed E-state index contributed by atoms with van der Waals surface area (Å²) in [7, 11) is 1.61. The molecule has 1 amide bonds. The minimum atomic E-state index is -0.227. The maximum absolute atomic E-state index is 12.0. The molecule has 1 aromatic heterocycles. The molecule has 1 N–H and O–H groups in total. The molecule has 0 spiro atoms. The smallest absolute Gasteiger partial charge is 0.257 e. The molecule has 0 bridgehead atoms. The third-order valence-electron chi connectivity index (χ3n) is 3.44. The fraction of sp³-hybridized carbons (Fsp3) is 0.167. The first-order chi connectivity index (χ1) is 12.2. The van der Waals surface area contributed by atoms with Crippen LogP contribution in [-0.2, 0) is 4.79 Å². The number of fused-ring (bicyclic) bond motifs is 1. The van der Waals surface area contributed by atoms with Crippen molar-refractivity contribution in [2.75, 3.05) is 12.9 Å². The predicted octanol–water partition coefficient (Wildman–Crippen LogP) is 3.47. The molecule has 128 valence electrons. The van der Waals surface area contributed by atoms with Gasteiger partial charge in [0.25, 0.3) is 11.1 Å². The summed E-state index contributed by atoms with van der Waals surface area (Å²) >= 11 is 1.23. The molecule has 0 aliphatic rings. The highest BCUT2D eigenvalue weighted by Gasteiger charge is 2.09. The first kappa shape index (κ1) is 17.0. The van der Waals surface area contributed by atoms with Crippen molar-refractivity contribution in [1.29, 1.82) is 0 Å². The number of benzene rings is 2. The van der Waals surface area contributed by atoms with Crippen molar-refractivity contribution in [2.45, 2.75) is 12.1 Å². The fourth-order valence-corrected chi connectivity index (χ4v) is 2.76. The van der Waals surface area contributed by atoms with Crippen LogP contribution in [0.2, 0.25) is 0 Å². The van der Waals surface area contributed by atoms with Crippen LogP contribution in [-0.4, -0.2) is 29.5 Å². The molecule has 1 heterocycles. The van der Waals surface area contributed by atoms with E-state index in [4.69, 9.17) is 9.15 Å². The zero-order valence-electron chi connectivity index (χ0n) is 13.9. The number of para-hydroxylation sites is 2. The number of carbonyl (C=O) groups excluding carboxylic acids is 1. The van der Waals surface area contributed by atoms with Gasteiger partial charge in [0.1, 0.15) is 11.3 Å². The maximum atomic E-state index is 12.0. The standard InChI is InChI=1S/C18H17N3O3S/c1-12(13-6-5-7-14(10-13)23-2)20-21-17(22)11-25-18-19-15-8-3-4-9-16(15)24-18/h3-10H,11H2,1-2H3,(H,21,22)/b20-12-. The second-order valence-electron chi connectivity index (χ2n) is 5.20. The molecule has 0 unspecified atom stereocenters. The summed E-state index contributed by atoms with van der Waals surface area (Å²) in [6.45, 7) is 1.82. The van der Waals surface area contributed by atoms with Crippen LogP contribution < -0.4 is 10.2 Å². The summed E-state index contributed by atoms with van der Waals surface area (Å²) in [6.07, 6.45) is 0. The van der Waals surface area contributed by atoms with Gasteiger partial charge in [0, 0.05) is 5.56 Å². The number of oxazole rings is 1. The first-order valence-electron chi connectivity index (χ1n) is 7.61. The Morgan fingerprint density at radius 2 is 2.12 bits per heavy atom. The highest BCUT2D eigenvalue weighted by Crippen LogP contribution is 2.22. The minimum absolute atomic E-state index is 0.168. The number of hydrogen-bond donors (Lipinski definition) is 1. The first-order valence-corrected chi connectivity index (χ1v) is 8.60. The molecule has 7 heteroatoms. The van der Waals surface area contributed by atoms with Crippen LogP contribution in [0.3, 0.4) is 0 Å². The average Bonchev–Trinajstić information content (AvgIpc) is 3.07. The lowest BCUT2D eigenvalue weighted by Crippen LogP contribution is -2.21. The number of hydrogen-bond acceptors (Lipinski definition) is 6. The molecular weight excluding hydrogens is 338 g/mol. The Morgan fingerprint density at radius 3 is 2.92 bits per heavy atom. The van der Waals surface area contributed by atoms with Gasteiger partial charge in [-0.1, -0.05) is 36.0 Å². The molecule has 0 fully saturated rings. The number of amides is 1. The molecule has 0 saturated heterocycles. The highest BCUT2D eigenvalue weighted by atomic mass is 32.2. The molecule has 0 radical (unpaired) electrons. The van der Waals surface area contributed by atoms with Gasteiger partial charge in [0.2, 0.25) is 0 Å². The van der Waals surface area contributed by atoms with E-state index in [9.17, 15) is 4.79 Å². The molecule has 3 aromatic rings. The van der Waals surface area contributed by atoms with Gasteiger partial charge in [0.15, 0.2) is 5.58 Å². The van der Waals surface area contributed by atoms with Crippen molar-refractivity contribution in [3.63, 3.8) is 0 Å². The zero-order chi connectivity index (χ0) is 17.6. The van der Waals surface area contributed by atoms with Crippen LogP contribution in [0.4, 0.5) is 0 Å². The number of nitrogens with zero attached hydrogens (tertiary/aromatic N) is 2. The van der Waals surface area contributed by atoms with E-state index in [0.29, 0.717) is 16.5 Å². The number of methoxy groups -OCH3 is 1. The molecule has 25 heavy (non-hydrogen) atoms. The van der Waals surface area contributed by atoms with Gasteiger partial charge in [-0.3, -0.25) is 4.79 Å². The number of nitrogens with one attached hydrogen (secondary N) is 1. The van der Waals surface area contributed by atoms with E-state index in [-0.39, 0.29) is 11.7 Å². The van der Waals surface area contributed by atoms with Crippen molar-refractivity contribution in [2.24, 2.45) is 5.10 Å². The monoisotopic (exact) mass is 355 g/mol. The summed E-state index contributed by atoms with van der Waals surface area (Å²) < 4.78 is 10.7. The van der Waals surface area contributed by atoms with Gasteiger partial charge >= 0.3 is 0 Å². The second-order valence-corrected chi connectivity index (χ2v) is 6.13. The molecule has 0 aliphatic heterocycles. The van der Waals surface area contributed by atoms with Crippen LogP contribution >= 0.6 is 11.8 Å². The lowest BCUT2D eigenvalue weighted by Gasteiger charge is -2.04. The summed E-state index contributed by atoms with van der Waals surface area (Å²) in [5, 5.41) is 4.58. The minimum Gasteiger partial charge on any atom is -0.497 e. The van der Waals surface area contributed by atoms with Crippen LogP contribution in [0.15, 0.2) is 63.3 Å². The van der Waals surface area contributed by atoms with E-state index >= 15 is 0 Å². The number of carbonyl (C=O) groups is 1. The maximum Gasteiger partial charge on any atom is 0.257 e. The van der Waals surface area contributed by atoms with Crippen molar-refractivity contribution < 1.29 is 13.9 Å². The fourth-order valence-electron chi connectivity index (χ4n) is 2.13. The Hall–Kier alpha value is -2.80. The lowest BCUT2D eigenvalue weighted by atomic mass is 10.1. The third kappa shape index (κ3) is 4.39. The van der Waals surface area contributed by atoms with Gasteiger partial charge in [-0.05, 0) is 31.2 Å². The number of thioether (sulfide) groups is 1. The Labute approximate surface area is 149 Å². The summed E-state index contributed by atoms with van der Waals surface area (Å²) in [6, 6.07) is 15.0. The van der Waals surface area contributed by atoms with Gasteiger partial charge in [-0.25, -0.2) is 10.4 Å². The molecule has 0 saturated carbocycles. The Bertz CT molecular complexity index is 888. The van der Waals surface area contributed by atoms with E-state index in [1.54, 1.807) is 7.11 Å². The Kier molecular flexibility index (Phi) is 5.35. The molecular formula is C18H17N3O3S. The lowest BCUT2D eigenvalue weighted by molar-refractivity contribution is -0.118. The zero-order valence-corrected chi connectivity index (χ0v) is 14.7. The topological polar surface area (TPSA) is 76.7 Å². The molecule has 0 aliphatic carbocycles. The number of ether oxygens (including phenoxy) is 1. The van der Waals surface area contributed by atoms with Crippen LogP contribution in [0.25, 0.3) is 11.1 Å².